The summed E-state index contributed by atoms with van der Waals surface area (Å²) >= 11 is 0. The van der Waals surface area contributed by atoms with Gasteiger partial charge in [-0.1, -0.05) is 121 Å². The largest absolute Gasteiger partial charge is 0.478 e. The molecule has 208 valence electrons. The number of carboxylic acids is 1. The number of carbonyl (C=O) groups is 2. The molecule has 0 fully saturated rings. The fraction of sp³-hybridized carbons (Fsp3) is 0.0811. The van der Waals surface area contributed by atoms with Gasteiger partial charge in [-0.3, -0.25) is 0 Å². The Balaban J connectivity index is 1.69. The molecule has 5 aromatic rings. The molecule has 0 heterocycles. The molecule has 0 atom stereocenters. The van der Waals surface area contributed by atoms with E-state index in [9.17, 15) is 14.7 Å². The highest BCUT2D eigenvalue weighted by molar-refractivity contribution is 7.80. The molecular formula is C37H31O4P. The van der Waals surface area contributed by atoms with Gasteiger partial charge in [-0.05, 0) is 71.2 Å². The molecular weight excluding hydrogens is 539 g/mol. The van der Waals surface area contributed by atoms with E-state index in [2.05, 4.69) is 60.7 Å². The fourth-order valence-electron chi connectivity index (χ4n) is 4.98. The number of carbonyl (C=O) groups excluding carboxylic acids is 1. The van der Waals surface area contributed by atoms with Crippen LogP contribution in [0.4, 0.5) is 0 Å². The normalized spacial score (nSPS) is 11.3. The van der Waals surface area contributed by atoms with E-state index in [1.165, 1.54) is 10.6 Å². The van der Waals surface area contributed by atoms with E-state index in [1.54, 1.807) is 19.1 Å². The highest BCUT2D eigenvalue weighted by atomic mass is 31.1. The maximum Gasteiger partial charge on any atom is 0.335 e. The molecule has 0 unspecified atom stereocenters. The first kappa shape index (κ1) is 28.7. The van der Waals surface area contributed by atoms with Crippen LogP contribution in [0.2, 0.25) is 0 Å². The third-order valence-corrected chi connectivity index (χ3v) is 9.38. The van der Waals surface area contributed by atoms with E-state index < -0.39 is 19.9 Å². The summed E-state index contributed by atoms with van der Waals surface area (Å²) in [5.74, 6) is -1.44. The number of hydrogen-bond donors (Lipinski definition) is 1. The van der Waals surface area contributed by atoms with Crippen LogP contribution in [0.1, 0.15) is 28.4 Å². The summed E-state index contributed by atoms with van der Waals surface area (Å²) in [5, 5.41) is 13.5. The average Bonchev–Trinajstić information content (AvgIpc) is 3.03. The fourth-order valence-corrected chi connectivity index (χ4v) is 7.44. The Morgan fingerprint density at radius 2 is 1.29 bits per heavy atom. The first-order chi connectivity index (χ1) is 20.5. The summed E-state index contributed by atoms with van der Waals surface area (Å²) in [4.78, 5) is 25.2. The number of benzene rings is 5. The quantitative estimate of drug-likeness (QED) is 0.112. The Hall–Kier alpha value is -4.79. The molecule has 42 heavy (non-hydrogen) atoms. The Morgan fingerprint density at radius 3 is 1.88 bits per heavy atom. The third kappa shape index (κ3) is 6.74. The van der Waals surface area contributed by atoms with Crippen molar-refractivity contribution in [3.8, 4) is 11.1 Å². The van der Waals surface area contributed by atoms with Crippen molar-refractivity contribution < 1.29 is 19.4 Å². The standard InChI is InChI=1S/C37H31O4P/c1-2-41-37(40)30(24-27-14-6-3-7-15-27)26-29-25-28(36(38)39)22-23-33(29)34-20-12-13-21-35(34)42(31-16-8-4-9-17-31)32-18-10-5-11-19-32/h3-25H,2,26H2,1H3,(H,38,39)/b30-24+. The highest BCUT2D eigenvalue weighted by Gasteiger charge is 2.23. The molecule has 0 aliphatic carbocycles. The minimum atomic E-state index is -1.02. The molecule has 0 saturated carbocycles. The SMILES string of the molecule is CCOC(=O)/C(=C/c1ccccc1)Cc1cc(C(=O)O)ccc1-c1ccccc1P(c1ccccc1)c1ccccc1. The number of ether oxygens (including phenoxy) is 1. The maximum atomic E-state index is 13.2. The third-order valence-electron chi connectivity index (χ3n) is 6.88. The number of rotatable bonds is 10. The zero-order chi connectivity index (χ0) is 29.3. The number of hydrogen-bond acceptors (Lipinski definition) is 3. The van der Waals surface area contributed by atoms with Crippen molar-refractivity contribution in [2.75, 3.05) is 6.61 Å². The Kier molecular flexibility index (Phi) is 9.38. The van der Waals surface area contributed by atoms with Crippen LogP contribution in [0, 0.1) is 0 Å². The van der Waals surface area contributed by atoms with Crippen molar-refractivity contribution >= 4 is 41.8 Å². The molecule has 1 N–H and O–H groups in total. The summed E-state index contributed by atoms with van der Waals surface area (Å²) in [5.41, 5.74) is 4.13. The van der Waals surface area contributed by atoms with E-state index in [0.717, 1.165) is 27.6 Å². The molecule has 0 saturated heterocycles. The van der Waals surface area contributed by atoms with Crippen LogP contribution in [0.15, 0.2) is 139 Å². The minimum Gasteiger partial charge on any atom is -0.478 e. The second kappa shape index (κ2) is 13.7. The number of aromatic carboxylic acids is 1. The lowest BCUT2D eigenvalue weighted by Gasteiger charge is -2.23. The van der Waals surface area contributed by atoms with Gasteiger partial charge in [0.25, 0.3) is 0 Å². The van der Waals surface area contributed by atoms with Gasteiger partial charge in [0.1, 0.15) is 0 Å². The minimum absolute atomic E-state index is 0.169. The van der Waals surface area contributed by atoms with Crippen molar-refractivity contribution in [2.45, 2.75) is 13.3 Å². The molecule has 4 nitrogen and oxygen atoms in total. The second-order valence-corrected chi connectivity index (χ2v) is 11.9. The van der Waals surface area contributed by atoms with Crippen molar-refractivity contribution in [3.63, 3.8) is 0 Å². The smallest absolute Gasteiger partial charge is 0.335 e. The van der Waals surface area contributed by atoms with Gasteiger partial charge in [0.2, 0.25) is 0 Å². The lowest BCUT2D eigenvalue weighted by molar-refractivity contribution is -0.138. The Bertz CT molecular complexity index is 1660. The van der Waals surface area contributed by atoms with Crippen molar-refractivity contribution in [1.29, 1.82) is 0 Å². The molecule has 0 radical (unpaired) electrons. The monoisotopic (exact) mass is 570 g/mol. The van der Waals surface area contributed by atoms with E-state index in [0.29, 0.717) is 5.57 Å². The van der Waals surface area contributed by atoms with Crippen LogP contribution in [0.3, 0.4) is 0 Å². The molecule has 5 heteroatoms. The summed E-state index contributed by atoms with van der Waals surface area (Å²) < 4.78 is 5.43. The molecule has 0 aromatic heterocycles. The van der Waals surface area contributed by atoms with Crippen molar-refractivity contribution in [2.24, 2.45) is 0 Å². The summed E-state index contributed by atoms with van der Waals surface area (Å²) in [6.45, 7) is 2.02. The summed E-state index contributed by atoms with van der Waals surface area (Å²) in [6, 6.07) is 44.0. The van der Waals surface area contributed by atoms with Gasteiger partial charge in [0.05, 0.1) is 12.2 Å². The van der Waals surface area contributed by atoms with Gasteiger partial charge < -0.3 is 9.84 Å². The van der Waals surface area contributed by atoms with E-state index in [-0.39, 0.29) is 18.6 Å². The van der Waals surface area contributed by atoms with Crippen LogP contribution in [0.5, 0.6) is 0 Å². The van der Waals surface area contributed by atoms with E-state index in [1.807, 2.05) is 66.7 Å². The van der Waals surface area contributed by atoms with Gasteiger partial charge in [-0.25, -0.2) is 9.59 Å². The Morgan fingerprint density at radius 1 is 0.714 bits per heavy atom. The van der Waals surface area contributed by atoms with Gasteiger partial charge in [0.15, 0.2) is 0 Å². The maximum absolute atomic E-state index is 13.2. The van der Waals surface area contributed by atoms with E-state index in [4.69, 9.17) is 4.74 Å². The first-order valence-electron chi connectivity index (χ1n) is 13.8. The van der Waals surface area contributed by atoms with Crippen LogP contribution in [-0.2, 0) is 16.0 Å². The average molecular weight is 571 g/mol. The number of esters is 1. The lowest BCUT2D eigenvalue weighted by Crippen LogP contribution is -2.22. The van der Waals surface area contributed by atoms with Crippen LogP contribution >= 0.6 is 7.92 Å². The van der Waals surface area contributed by atoms with Crippen LogP contribution in [0.25, 0.3) is 17.2 Å². The van der Waals surface area contributed by atoms with Gasteiger partial charge in [0, 0.05) is 12.0 Å². The zero-order valence-corrected chi connectivity index (χ0v) is 24.2. The topological polar surface area (TPSA) is 63.6 Å². The summed E-state index contributed by atoms with van der Waals surface area (Å²) in [7, 11) is -0.924. The predicted octanol–water partition coefficient (Wildman–Crippen LogP) is 7.00. The molecule has 0 aliphatic rings. The van der Waals surface area contributed by atoms with Crippen LogP contribution in [-0.4, -0.2) is 23.7 Å². The Labute approximate surface area is 247 Å². The molecule has 0 spiro atoms. The number of carboxylic acid groups (broad SMARTS) is 1. The van der Waals surface area contributed by atoms with Crippen molar-refractivity contribution in [1.82, 2.24) is 0 Å². The van der Waals surface area contributed by atoms with Gasteiger partial charge in [-0.2, -0.15) is 0 Å². The highest BCUT2D eigenvalue weighted by Crippen LogP contribution is 2.38. The van der Waals surface area contributed by atoms with Gasteiger partial charge >= 0.3 is 11.9 Å². The van der Waals surface area contributed by atoms with Crippen LogP contribution < -0.4 is 15.9 Å². The predicted molar refractivity (Wildman–Crippen MR) is 172 cm³/mol. The zero-order valence-electron chi connectivity index (χ0n) is 23.3. The molecule has 0 bridgehead atoms. The molecule has 5 rings (SSSR count). The van der Waals surface area contributed by atoms with Gasteiger partial charge in [-0.15, -0.1) is 0 Å². The van der Waals surface area contributed by atoms with E-state index >= 15 is 0 Å². The molecule has 0 amide bonds. The molecule has 5 aromatic carbocycles. The first-order valence-corrected chi connectivity index (χ1v) is 15.2. The lowest BCUT2D eigenvalue weighted by atomic mass is 9.92. The molecule has 0 aliphatic heterocycles. The van der Waals surface area contributed by atoms with Crippen molar-refractivity contribution in [3.05, 3.63) is 156 Å². The summed E-state index contributed by atoms with van der Waals surface area (Å²) in [6.07, 6.45) is 2.04. The second-order valence-electron chi connectivity index (χ2n) is 9.68.